The molecule has 0 spiro atoms. The third-order valence-corrected chi connectivity index (χ3v) is 5.59. The van der Waals surface area contributed by atoms with E-state index in [2.05, 4.69) is 21.4 Å². The van der Waals surface area contributed by atoms with Crippen molar-refractivity contribution in [1.82, 2.24) is 15.3 Å². The van der Waals surface area contributed by atoms with Gasteiger partial charge in [-0.2, -0.15) is 5.26 Å². The summed E-state index contributed by atoms with van der Waals surface area (Å²) in [7, 11) is 0. The standard InChI is InChI=1S/C15H18N4OS2/c1-9(2)15(4,7-16)19-12(20)10(3)22-14-11-5-6-21-13(11)17-8-18-14/h5-6,8-10H,1-4H3,(H,19,20)/t10-,15+/m0/s1. The van der Waals surface area contributed by atoms with Gasteiger partial charge in [-0.3, -0.25) is 4.79 Å². The highest BCUT2D eigenvalue weighted by Crippen LogP contribution is 2.30. The molecule has 5 nitrogen and oxygen atoms in total. The van der Waals surface area contributed by atoms with Gasteiger partial charge >= 0.3 is 0 Å². The Hall–Kier alpha value is -1.65. The van der Waals surface area contributed by atoms with Gasteiger partial charge < -0.3 is 5.32 Å². The van der Waals surface area contributed by atoms with Crippen molar-refractivity contribution in [3.05, 3.63) is 17.8 Å². The number of nitriles is 1. The summed E-state index contributed by atoms with van der Waals surface area (Å²) in [4.78, 5) is 21.8. The normalized spacial score (nSPS) is 15.3. The predicted molar refractivity (Wildman–Crippen MR) is 89.7 cm³/mol. The van der Waals surface area contributed by atoms with Crippen molar-refractivity contribution in [3.63, 3.8) is 0 Å². The lowest BCUT2D eigenvalue weighted by molar-refractivity contribution is -0.121. The van der Waals surface area contributed by atoms with Crippen LogP contribution in [0.4, 0.5) is 0 Å². The quantitative estimate of drug-likeness (QED) is 0.671. The van der Waals surface area contributed by atoms with Crippen LogP contribution in [0.2, 0.25) is 0 Å². The zero-order valence-electron chi connectivity index (χ0n) is 13.0. The van der Waals surface area contributed by atoms with E-state index in [-0.39, 0.29) is 17.1 Å². The number of nitrogens with zero attached hydrogens (tertiary/aromatic N) is 3. The molecule has 7 heteroatoms. The highest BCUT2D eigenvalue weighted by molar-refractivity contribution is 8.00. The van der Waals surface area contributed by atoms with Crippen LogP contribution in [0.5, 0.6) is 0 Å². The van der Waals surface area contributed by atoms with Gasteiger partial charge in [-0.05, 0) is 31.2 Å². The van der Waals surface area contributed by atoms with E-state index >= 15 is 0 Å². The van der Waals surface area contributed by atoms with Gasteiger partial charge in [0.05, 0.1) is 11.3 Å². The van der Waals surface area contributed by atoms with E-state index in [0.717, 1.165) is 15.2 Å². The van der Waals surface area contributed by atoms with E-state index in [9.17, 15) is 10.1 Å². The molecular formula is C15H18N4OS2. The lowest BCUT2D eigenvalue weighted by Crippen LogP contribution is -2.51. The number of hydrogen-bond acceptors (Lipinski definition) is 6. The topological polar surface area (TPSA) is 78.7 Å². The molecule has 1 N–H and O–H groups in total. The van der Waals surface area contributed by atoms with Crippen LogP contribution in [-0.4, -0.2) is 26.7 Å². The molecule has 0 saturated heterocycles. The van der Waals surface area contributed by atoms with Crippen molar-refractivity contribution >= 4 is 39.2 Å². The van der Waals surface area contributed by atoms with Gasteiger partial charge in [-0.1, -0.05) is 25.6 Å². The van der Waals surface area contributed by atoms with Crippen molar-refractivity contribution in [2.45, 2.75) is 43.5 Å². The lowest BCUT2D eigenvalue weighted by Gasteiger charge is -2.28. The van der Waals surface area contributed by atoms with Gasteiger partial charge in [0.15, 0.2) is 0 Å². The molecule has 1 amide bonds. The molecule has 0 aromatic carbocycles. The smallest absolute Gasteiger partial charge is 0.234 e. The molecule has 0 aliphatic heterocycles. The molecule has 0 saturated carbocycles. The van der Waals surface area contributed by atoms with Crippen LogP contribution in [0.3, 0.4) is 0 Å². The second kappa shape index (κ2) is 6.63. The summed E-state index contributed by atoms with van der Waals surface area (Å²) in [6.45, 7) is 7.40. The summed E-state index contributed by atoms with van der Waals surface area (Å²) in [5, 5.41) is 15.5. The fourth-order valence-electron chi connectivity index (χ4n) is 1.74. The molecule has 116 valence electrons. The molecule has 2 aromatic rings. The third-order valence-electron chi connectivity index (χ3n) is 3.65. The summed E-state index contributed by atoms with van der Waals surface area (Å²) in [6.07, 6.45) is 1.51. The Bertz CT molecular complexity index is 722. The van der Waals surface area contributed by atoms with Crippen LogP contribution in [0, 0.1) is 17.2 Å². The number of fused-ring (bicyclic) bond motifs is 1. The van der Waals surface area contributed by atoms with Crippen LogP contribution in [-0.2, 0) is 4.79 Å². The second-order valence-corrected chi connectivity index (χ2v) is 7.76. The number of carbonyl (C=O) groups excluding carboxylic acids is 1. The molecular weight excluding hydrogens is 316 g/mol. The maximum atomic E-state index is 12.4. The van der Waals surface area contributed by atoms with E-state index < -0.39 is 5.54 Å². The number of thioether (sulfide) groups is 1. The number of amides is 1. The summed E-state index contributed by atoms with van der Waals surface area (Å²) < 4.78 is 0. The first-order valence-corrected chi connectivity index (χ1v) is 8.71. The SMILES string of the molecule is CC(C)[C@@](C)(C#N)NC(=O)[C@H](C)Sc1ncnc2sccc12. The van der Waals surface area contributed by atoms with Crippen molar-refractivity contribution in [2.75, 3.05) is 0 Å². The third kappa shape index (κ3) is 3.39. The Morgan fingerprint density at radius 1 is 1.45 bits per heavy atom. The molecule has 0 radical (unpaired) electrons. The van der Waals surface area contributed by atoms with Gasteiger partial charge in [0.25, 0.3) is 0 Å². The Morgan fingerprint density at radius 3 is 2.82 bits per heavy atom. The van der Waals surface area contributed by atoms with Crippen LogP contribution in [0.1, 0.15) is 27.7 Å². The van der Waals surface area contributed by atoms with Gasteiger partial charge in [-0.15, -0.1) is 11.3 Å². The van der Waals surface area contributed by atoms with E-state index in [1.165, 1.54) is 18.1 Å². The van der Waals surface area contributed by atoms with Crippen molar-refractivity contribution in [2.24, 2.45) is 5.92 Å². The first-order valence-electron chi connectivity index (χ1n) is 6.95. The summed E-state index contributed by atoms with van der Waals surface area (Å²) in [5.41, 5.74) is -0.866. The number of aromatic nitrogens is 2. The van der Waals surface area contributed by atoms with Gasteiger partial charge in [0.1, 0.15) is 21.7 Å². The van der Waals surface area contributed by atoms with Crippen molar-refractivity contribution < 1.29 is 4.79 Å². The largest absolute Gasteiger partial charge is 0.337 e. The fourth-order valence-corrected chi connectivity index (χ4v) is 3.44. The zero-order valence-corrected chi connectivity index (χ0v) is 14.6. The number of rotatable bonds is 5. The lowest BCUT2D eigenvalue weighted by atomic mass is 9.90. The van der Waals surface area contributed by atoms with Crippen LogP contribution >= 0.6 is 23.1 Å². The molecule has 2 atom stereocenters. The zero-order chi connectivity index (χ0) is 16.3. The predicted octanol–water partition coefficient (Wildman–Crippen LogP) is 3.23. The minimum atomic E-state index is -0.866. The summed E-state index contributed by atoms with van der Waals surface area (Å²) >= 11 is 2.93. The van der Waals surface area contributed by atoms with Crippen molar-refractivity contribution in [1.29, 1.82) is 5.26 Å². The monoisotopic (exact) mass is 334 g/mol. The van der Waals surface area contributed by atoms with Gasteiger partial charge in [0, 0.05) is 5.39 Å². The van der Waals surface area contributed by atoms with E-state index in [1.807, 2.05) is 32.2 Å². The number of carbonyl (C=O) groups is 1. The molecule has 2 heterocycles. The summed E-state index contributed by atoms with van der Waals surface area (Å²) in [5.74, 6) is -0.133. The Balaban J connectivity index is 2.12. The van der Waals surface area contributed by atoms with Crippen molar-refractivity contribution in [3.8, 4) is 6.07 Å². The van der Waals surface area contributed by atoms with E-state index in [0.29, 0.717) is 0 Å². The Kier molecular flexibility index (Phi) is 5.04. The Morgan fingerprint density at radius 2 is 2.18 bits per heavy atom. The number of nitrogens with one attached hydrogen (secondary N) is 1. The second-order valence-electron chi connectivity index (χ2n) is 5.54. The average molecular weight is 334 g/mol. The molecule has 0 bridgehead atoms. The highest BCUT2D eigenvalue weighted by Gasteiger charge is 2.32. The number of hydrogen-bond donors (Lipinski definition) is 1. The minimum Gasteiger partial charge on any atom is -0.337 e. The first kappa shape index (κ1) is 16.7. The maximum absolute atomic E-state index is 12.4. The maximum Gasteiger partial charge on any atom is 0.234 e. The number of thiophene rings is 1. The molecule has 0 fully saturated rings. The van der Waals surface area contributed by atoms with E-state index in [1.54, 1.807) is 18.3 Å². The molecule has 0 aliphatic carbocycles. The fraction of sp³-hybridized carbons (Fsp3) is 0.467. The molecule has 2 rings (SSSR count). The molecule has 0 aliphatic rings. The molecule has 22 heavy (non-hydrogen) atoms. The van der Waals surface area contributed by atoms with Crippen LogP contribution in [0.25, 0.3) is 10.2 Å². The Labute approximate surface area is 138 Å². The average Bonchev–Trinajstić information content (AvgIpc) is 2.96. The molecule has 0 unspecified atom stereocenters. The summed E-state index contributed by atoms with van der Waals surface area (Å²) in [6, 6.07) is 4.15. The highest BCUT2D eigenvalue weighted by atomic mass is 32.2. The van der Waals surface area contributed by atoms with Crippen LogP contribution < -0.4 is 5.32 Å². The first-order chi connectivity index (χ1) is 10.4. The van der Waals surface area contributed by atoms with Gasteiger partial charge in [0.2, 0.25) is 5.91 Å². The van der Waals surface area contributed by atoms with Gasteiger partial charge in [-0.25, -0.2) is 9.97 Å². The van der Waals surface area contributed by atoms with Crippen LogP contribution in [0.15, 0.2) is 22.8 Å². The molecule has 2 aromatic heterocycles. The van der Waals surface area contributed by atoms with E-state index in [4.69, 9.17) is 0 Å². The minimum absolute atomic E-state index is 0.0290.